The minimum atomic E-state index is -0.133. The fourth-order valence-corrected chi connectivity index (χ4v) is 3.84. The molecule has 0 radical (unpaired) electrons. The van der Waals surface area contributed by atoms with Crippen LogP contribution < -0.4 is 0 Å². The van der Waals surface area contributed by atoms with Gasteiger partial charge in [0.2, 0.25) is 0 Å². The number of carbonyl (C=O) groups excluding carboxylic acids is 1. The van der Waals surface area contributed by atoms with E-state index in [1.807, 2.05) is 26.4 Å². The Morgan fingerprint density at radius 3 is 2.84 bits per heavy atom. The van der Waals surface area contributed by atoms with Crippen molar-refractivity contribution in [1.29, 1.82) is 0 Å². The molecule has 134 valence electrons. The number of esters is 1. The monoisotopic (exact) mass is 360 g/mol. The molecule has 1 aliphatic heterocycles. The summed E-state index contributed by atoms with van der Waals surface area (Å²) in [5, 5.41) is 0. The standard InChI is InChI=1S/C19H24N2O3S/c1-3-23-19(22)10-11-25-16-6-4-15(5-7-16)17-8-9-18(24-17)21-13-20-12-14(21)2/h4-7,12-13,17-18H,3,8-11H2,1-2H3/t17-,18-/m1/s1. The second kappa shape index (κ2) is 8.54. The zero-order chi connectivity index (χ0) is 17.6. The topological polar surface area (TPSA) is 53.4 Å². The lowest BCUT2D eigenvalue weighted by Gasteiger charge is -2.16. The van der Waals surface area contributed by atoms with Crippen LogP contribution >= 0.6 is 11.8 Å². The Bertz CT molecular complexity index is 699. The van der Waals surface area contributed by atoms with E-state index < -0.39 is 0 Å². The fraction of sp³-hybridized carbons (Fsp3) is 0.474. The number of hydrogen-bond acceptors (Lipinski definition) is 5. The number of aryl methyl sites for hydroxylation is 1. The van der Waals surface area contributed by atoms with E-state index in [1.54, 1.807) is 11.8 Å². The normalized spacial score (nSPS) is 19.9. The van der Waals surface area contributed by atoms with E-state index in [1.165, 1.54) is 5.56 Å². The van der Waals surface area contributed by atoms with Gasteiger partial charge in [0.15, 0.2) is 0 Å². The second-order valence-corrected chi connectivity index (χ2v) is 7.24. The summed E-state index contributed by atoms with van der Waals surface area (Å²) in [6.07, 6.45) is 6.36. The summed E-state index contributed by atoms with van der Waals surface area (Å²) >= 11 is 1.67. The van der Waals surface area contributed by atoms with E-state index >= 15 is 0 Å². The third-order valence-corrected chi connectivity index (χ3v) is 5.31. The molecule has 0 spiro atoms. The van der Waals surface area contributed by atoms with E-state index in [4.69, 9.17) is 9.47 Å². The number of rotatable bonds is 7. The maximum Gasteiger partial charge on any atom is 0.306 e. The first-order valence-corrected chi connectivity index (χ1v) is 9.68. The van der Waals surface area contributed by atoms with Crippen molar-refractivity contribution < 1.29 is 14.3 Å². The number of hydrogen-bond donors (Lipinski definition) is 0. The molecule has 0 saturated carbocycles. The van der Waals surface area contributed by atoms with Crippen LogP contribution in [0.5, 0.6) is 0 Å². The Morgan fingerprint density at radius 2 is 2.16 bits per heavy atom. The number of ether oxygens (including phenoxy) is 2. The van der Waals surface area contributed by atoms with Gasteiger partial charge in [0.25, 0.3) is 0 Å². The van der Waals surface area contributed by atoms with Gasteiger partial charge in [-0.1, -0.05) is 12.1 Å². The van der Waals surface area contributed by atoms with Crippen molar-refractivity contribution in [2.45, 2.75) is 50.3 Å². The van der Waals surface area contributed by atoms with Crippen LogP contribution in [0.15, 0.2) is 41.7 Å². The van der Waals surface area contributed by atoms with E-state index in [-0.39, 0.29) is 18.3 Å². The third kappa shape index (κ3) is 4.64. The predicted octanol–water partition coefficient (Wildman–Crippen LogP) is 4.29. The van der Waals surface area contributed by atoms with E-state index in [2.05, 4.69) is 33.8 Å². The van der Waals surface area contributed by atoms with Crippen LogP contribution in [0.4, 0.5) is 0 Å². The molecule has 2 heterocycles. The lowest BCUT2D eigenvalue weighted by Crippen LogP contribution is -2.08. The maximum absolute atomic E-state index is 11.4. The molecule has 0 bridgehead atoms. The number of thioether (sulfide) groups is 1. The summed E-state index contributed by atoms with van der Waals surface area (Å²) in [5.41, 5.74) is 2.33. The molecule has 3 rings (SSSR count). The molecular formula is C19H24N2O3S. The lowest BCUT2D eigenvalue weighted by molar-refractivity contribution is -0.142. The van der Waals surface area contributed by atoms with Crippen LogP contribution in [0.1, 0.15) is 49.8 Å². The molecule has 1 aliphatic rings. The highest BCUT2D eigenvalue weighted by molar-refractivity contribution is 7.99. The Hall–Kier alpha value is -1.79. The Kier molecular flexibility index (Phi) is 6.15. The zero-order valence-electron chi connectivity index (χ0n) is 14.7. The van der Waals surface area contributed by atoms with Crippen LogP contribution in [0, 0.1) is 6.92 Å². The average Bonchev–Trinajstić information content (AvgIpc) is 3.24. The minimum Gasteiger partial charge on any atom is -0.466 e. The van der Waals surface area contributed by atoms with E-state index in [0.717, 1.165) is 29.2 Å². The van der Waals surface area contributed by atoms with Crippen molar-refractivity contribution >= 4 is 17.7 Å². The van der Waals surface area contributed by atoms with Crippen molar-refractivity contribution in [2.75, 3.05) is 12.4 Å². The Balaban J connectivity index is 1.51. The summed E-state index contributed by atoms with van der Waals surface area (Å²) in [6.45, 7) is 4.32. The third-order valence-electron chi connectivity index (χ3n) is 4.30. The van der Waals surface area contributed by atoms with E-state index in [9.17, 15) is 4.79 Å². The molecule has 2 aromatic rings. The van der Waals surface area contributed by atoms with Gasteiger partial charge in [-0.15, -0.1) is 11.8 Å². The number of nitrogens with zero attached hydrogens (tertiary/aromatic N) is 2. The maximum atomic E-state index is 11.4. The molecule has 1 aromatic carbocycles. The van der Waals surface area contributed by atoms with Crippen LogP contribution in [-0.2, 0) is 14.3 Å². The van der Waals surface area contributed by atoms with Crippen molar-refractivity contribution in [3.8, 4) is 0 Å². The number of aromatic nitrogens is 2. The first-order chi connectivity index (χ1) is 12.2. The molecule has 25 heavy (non-hydrogen) atoms. The number of carbonyl (C=O) groups is 1. The molecule has 0 unspecified atom stereocenters. The zero-order valence-corrected chi connectivity index (χ0v) is 15.5. The molecule has 2 atom stereocenters. The number of benzene rings is 1. The average molecular weight is 360 g/mol. The highest BCUT2D eigenvalue weighted by Gasteiger charge is 2.28. The summed E-state index contributed by atoms with van der Waals surface area (Å²) in [4.78, 5) is 16.7. The predicted molar refractivity (Wildman–Crippen MR) is 97.5 cm³/mol. The molecule has 6 heteroatoms. The first kappa shape index (κ1) is 18.0. The molecule has 1 aromatic heterocycles. The van der Waals surface area contributed by atoms with Crippen LogP contribution in [0.25, 0.3) is 0 Å². The van der Waals surface area contributed by atoms with Crippen molar-refractivity contribution in [1.82, 2.24) is 9.55 Å². The Morgan fingerprint density at radius 1 is 1.36 bits per heavy atom. The second-order valence-electron chi connectivity index (χ2n) is 6.07. The first-order valence-electron chi connectivity index (χ1n) is 8.69. The molecule has 0 aliphatic carbocycles. The molecule has 1 saturated heterocycles. The van der Waals surface area contributed by atoms with Gasteiger partial charge in [0.1, 0.15) is 6.23 Å². The van der Waals surface area contributed by atoms with Gasteiger partial charge in [-0.3, -0.25) is 4.79 Å². The lowest BCUT2D eigenvalue weighted by atomic mass is 10.1. The molecule has 1 fully saturated rings. The highest BCUT2D eigenvalue weighted by atomic mass is 32.2. The quantitative estimate of drug-likeness (QED) is 0.545. The van der Waals surface area contributed by atoms with Gasteiger partial charge in [0.05, 0.1) is 25.5 Å². The molecule has 5 nitrogen and oxygen atoms in total. The summed E-state index contributed by atoms with van der Waals surface area (Å²) in [6, 6.07) is 8.45. The van der Waals surface area contributed by atoms with Gasteiger partial charge in [-0.05, 0) is 44.4 Å². The number of imidazole rings is 1. The molecule has 0 amide bonds. The van der Waals surface area contributed by atoms with Crippen LogP contribution in [-0.4, -0.2) is 27.9 Å². The van der Waals surface area contributed by atoms with Crippen LogP contribution in [0.3, 0.4) is 0 Å². The van der Waals surface area contributed by atoms with Gasteiger partial charge >= 0.3 is 5.97 Å². The smallest absolute Gasteiger partial charge is 0.306 e. The van der Waals surface area contributed by atoms with Crippen molar-refractivity contribution in [2.24, 2.45) is 0 Å². The van der Waals surface area contributed by atoms with Gasteiger partial charge in [0, 0.05) is 22.5 Å². The van der Waals surface area contributed by atoms with Gasteiger partial charge < -0.3 is 14.0 Å². The largest absolute Gasteiger partial charge is 0.466 e. The summed E-state index contributed by atoms with van der Waals surface area (Å²) < 4.78 is 13.2. The van der Waals surface area contributed by atoms with Crippen LogP contribution in [0.2, 0.25) is 0 Å². The highest BCUT2D eigenvalue weighted by Crippen LogP contribution is 2.38. The molecular weight excluding hydrogens is 336 g/mol. The summed E-state index contributed by atoms with van der Waals surface area (Å²) in [7, 11) is 0. The van der Waals surface area contributed by atoms with Gasteiger partial charge in [-0.2, -0.15) is 0 Å². The minimum absolute atomic E-state index is 0.0751. The van der Waals surface area contributed by atoms with Gasteiger partial charge in [-0.25, -0.2) is 4.98 Å². The Labute approximate surface area is 152 Å². The SMILES string of the molecule is CCOC(=O)CCSc1ccc([C@H]2CC[C@H](n3cncc3C)O2)cc1. The van der Waals surface area contributed by atoms with E-state index in [0.29, 0.717) is 13.0 Å². The van der Waals surface area contributed by atoms with Crippen molar-refractivity contribution in [3.05, 3.63) is 48.0 Å². The summed E-state index contributed by atoms with van der Waals surface area (Å²) in [5.74, 6) is 0.604. The molecule has 0 N–H and O–H groups in total. The van der Waals surface area contributed by atoms with Crippen molar-refractivity contribution in [3.63, 3.8) is 0 Å². The fourth-order valence-electron chi connectivity index (χ4n) is 3.01.